The fourth-order valence-electron chi connectivity index (χ4n) is 5.54. The van der Waals surface area contributed by atoms with Gasteiger partial charge in [0.2, 0.25) is 11.9 Å². The summed E-state index contributed by atoms with van der Waals surface area (Å²) in [4.78, 5) is 43.6. The van der Waals surface area contributed by atoms with Gasteiger partial charge in [0, 0.05) is 31.2 Å². The number of nitrogens with one attached hydrogen (secondary N) is 2. The van der Waals surface area contributed by atoms with Crippen LogP contribution in [0.3, 0.4) is 0 Å². The lowest BCUT2D eigenvalue weighted by atomic mass is 9.86. The van der Waals surface area contributed by atoms with Crippen molar-refractivity contribution in [2.45, 2.75) is 69.7 Å². The second kappa shape index (κ2) is 12.0. The third-order valence-electron chi connectivity index (χ3n) is 7.85. The summed E-state index contributed by atoms with van der Waals surface area (Å²) in [6, 6.07) is 13.4. The van der Waals surface area contributed by atoms with E-state index in [0.717, 1.165) is 11.1 Å². The van der Waals surface area contributed by atoms with Gasteiger partial charge in [-0.25, -0.2) is 4.79 Å². The van der Waals surface area contributed by atoms with Crippen LogP contribution in [0.4, 0.5) is 4.79 Å². The molecule has 1 heterocycles. The van der Waals surface area contributed by atoms with Gasteiger partial charge in [0.1, 0.15) is 0 Å². The Morgan fingerprint density at radius 1 is 1.21 bits per heavy atom. The molecule has 4 rings (SSSR count). The molecule has 39 heavy (non-hydrogen) atoms. The number of carboxylic acid groups (broad SMARTS) is 1. The minimum Gasteiger partial charge on any atom is -0.463 e. The standard InChI is InChI=1S/C29H36N4O6/c1-4-29(5-2)17-24(35)33(27(32-29)31-28(37)38)22(13-14-39-3)19-10-8-11-20(15-19)26(36)30-25-21-12-7-6-9-18(21)16-23(25)34/h6-12,15,22-23,25,34H,4-5,13-14,16-17H2,1-3H3,(H,30,36)(H,31,32)(H,37,38)/t22?,23-,25-/m1/s1. The Hall–Kier alpha value is -3.76. The first-order valence-electron chi connectivity index (χ1n) is 13.3. The number of fused-ring (bicyclic) bond motifs is 1. The monoisotopic (exact) mass is 536 g/mol. The van der Waals surface area contributed by atoms with Crippen LogP contribution in [0.25, 0.3) is 0 Å². The molecule has 3 amide bonds. The van der Waals surface area contributed by atoms with Crippen LogP contribution in [-0.2, 0) is 16.0 Å². The molecule has 10 heteroatoms. The molecule has 0 aromatic heterocycles. The number of benzene rings is 2. The number of guanidine groups is 1. The summed E-state index contributed by atoms with van der Waals surface area (Å²) in [5, 5.41) is 26.3. The van der Waals surface area contributed by atoms with Gasteiger partial charge in [-0.3, -0.25) is 14.5 Å². The highest BCUT2D eigenvalue weighted by Crippen LogP contribution is 2.34. The van der Waals surface area contributed by atoms with Crippen molar-refractivity contribution < 1.29 is 29.3 Å². The summed E-state index contributed by atoms with van der Waals surface area (Å²) in [6.07, 6.45) is 0.106. The number of hydrogen-bond donors (Lipinski definition) is 4. The Labute approximate surface area is 228 Å². The highest BCUT2D eigenvalue weighted by atomic mass is 16.5. The molecule has 2 aromatic rings. The van der Waals surface area contributed by atoms with E-state index in [1.165, 1.54) is 4.90 Å². The maximum atomic E-state index is 13.6. The average molecular weight is 537 g/mol. The molecular formula is C29H36N4O6. The summed E-state index contributed by atoms with van der Waals surface area (Å²) in [5.41, 5.74) is 2.30. The lowest BCUT2D eigenvalue weighted by Crippen LogP contribution is -2.63. The molecule has 1 unspecified atom stereocenters. The van der Waals surface area contributed by atoms with Crippen molar-refractivity contribution >= 4 is 23.9 Å². The number of carbonyl (C=O) groups excluding carboxylic acids is 2. The first-order chi connectivity index (χ1) is 18.7. The first-order valence-corrected chi connectivity index (χ1v) is 13.3. The maximum absolute atomic E-state index is 13.6. The number of aliphatic hydroxyl groups excluding tert-OH is 1. The Morgan fingerprint density at radius 3 is 2.64 bits per heavy atom. The minimum absolute atomic E-state index is 0.0240. The highest BCUT2D eigenvalue weighted by molar-refractivity contribution is 6.04. The van der Waals surface area contributed by atoms with Crippen LogP contribution in [0.2, 0.25) is 0 Å². The van der Waals surface area contributed by atoms with Gasteiger partial charge in [0.05, 0.1) is 24.6 Å². The predicted octanol–water partition coefficient (Wildman–Crippen LogP) is 3.57. The van der Waals surface area contributed by atoms with Crippen LogP contribution in [0.5, 0.6) is 0 Å². The molecule has 2 aliphatic rings. The smallest absolute Gasteiger partial charge is 0.434 e. The molecule has 2 aromatic carbocycles. The molecule has 1 fully saturated rings. The van der Waals surface area contributed by atoms with Gasteiger partial charge in [-0.05, 0) is 48.1 Å². The van der Waals surface area contributed by atoms with Crippen LogP contribution in [0.1, 0.15) is 78.7 Å². The average Bonchev–Trinajstić information content (AvgIpc) is 3.24. The zero-order valence-electron chi connectivity index (χ0n) is 22.5. The van der Waals surface area contributed by atoms with Crippen LogP contribution < -0.4 is 10.6 Å². The second-order valence-corrected chi connectivity index (χ2v) is 10.1. The molecule has 1 aliphatic carbocycles. The van der Waals surface area contributed by atoms with Gasteiger partial charge in [-0.15, -0.1) is 4.99 Å². The van der Waals surface area contributed by atoms with Gasteiger partial charge in [-0.2, -0.15) is 0 Å². The molecule has 3 atom stereocenters. The number of carbonyl (C=O) groups is 3. The molecule has 0 bridgehead atoms. The van der Waals surface area contributed by atoms with Gasteiger partial charge in [0.25, 0.3) is 5.91 Å². The van der Waals surface area contributed by atoms with Crippen LogP contribution >= 0.6 is 0 Å². The normalized spacial score (nSPS) is 21.8. The molecule has 1 saturated heterocycles. The third-order valence-corrected chi connectivity index (χ3v) is 7.85. The van der Waals surface area contributed by atoms with E-state index in [9.17, 15) is 24.6 Å². The van der Waals surface area contributed by atoms with E-state index in [-0.39, 0.29) is 24.2 Å². The largest absolute Gasteiger partial charge is 0.463 e. The summed E-state index contributed by atoms with van der Waals surface area (Å²) >= 11 is 0. The molecule has 1 aliphatic heterocycles. The lowest BCUT2D eigenvalue weighted by molar-refractivity contribution is -0.133. The fraction of sp³-hybridized carbons (Fsp3) is 0.448. The number of rotatable bonds is 9. The summed E-state index contributed by atoms with van der Waals surface area (Å²) in [7, 11) is 1.55. The van der Waals surface area contributed by atoms with E-state index in [4.69, 9.17) is 4.74 Å². The molecular weight excluding hydrogens is 500 g/mol. The second-order valence-electron chi connectivity index (χ2n) is 10.1. The number of aliphatic hydroxyl groups is 1. The van der Waals surface area contributed by atoms with Crippen molar-refractivity contribution in [3.8, 4) is 0 Å². The SMILES string of the molecule is CCC1(CC)CC(=O)N(C(CCOC)c2cccc(C(=O)N[C@@H]3c4ccccc4C[C@H]3O)c2)C(=NC(=O)O)N1. The van der Waals surface area contributed by atoms with Crippen molar-refractivity contribution in [2.75, 3.05) is 13.7 Å². The topological polar surface area (TPSA) is 141 Å². The number of aliphatic imine (C=N–C) groups is 1. The number of ether oxygens (including phenoxy) is 1. The Balaban J connectivity index is 1.66. The quantitative estimate of drug-likeness (QED) is 0.384. The lowest BCUT2D eigenvalue weighted by Gasteiger charge is -2.45. The van der Waals surface area contributed by atoms with Crippen molar-refractivity contribution in [2.24, 2.45) is 4.99 Å². The number of amides is 3. The van der Waals surface area contributed by atoms with Gasteiger partial charge in [-0.1, -0.05) is 50.2 Å². The Kier molecular flexibility index (Phi) is 8.66. The van der Waals surface area contributed by atoms with Crippen molar-refractivity contribution in [3.63, 3.8) is 0 Å². The van der Waals surface area contributed by atoms with Gasteiger partial charge < -0.3 is 25.6 Å². The van der Waals surface area contributed by atoms with E-state index in [0.29, 0.717) is 43.4 Å². The summed E-state index contributed by atoms with van der Waals surface area (Å²) < 4.78 is 5.31. The van der Waals surface area contributed by atoms with Crippen molar-refractivity contribution in [1.29, 1.82) is 0 Å². The summed E-state index contributed by atoms with van der Waals surface area (Å²) in [6.45, 7) is 4.19. The van der Waals surface area contributed by atoms with E-state index in [1.54, 1.807) is 31.4 Å². The molecule has 0 radical (unpaired) electrons. The Bertz CT molecular complexity index is 1260. The van der Waals surface area contributed by atoms with E-state index in [2.05, 4.69) is 15.6 Å². The van der Waals surface area contributed by atoms with Crippen molar-refractivity contribution in [1.82, 2.24) is 15.5 Å². The number of methoxy groups -OCH3 is 1. The first kappa shape index (κ1) is 28.3. The molecule has 0 saturated carbocycles. The van der Waals surface area contributed by atoms with E-state index in [1.807, 2.05) is 38.1 Å². The fourth-order valence-corrected chi connectivity index (χ4v) is 5.54. The Morgan fingerprint density at radius 2 is 1.95 bits per heavy atom. The summed E-state index contributed by atoms with van der Waals surface area (Å²) in [5.74, 6) is -0.634. The number of nitrogens with zero attached hydrogens (tertiary/aromatic N) is 2. The minimum atomic E-state index is -1.41. The zero-order valence-corrected chi connectivity index (χ0v) is 22.5. The van der Waals surface area contributed by atoms with E-state index < -0.39 is 29.8 Å². The maximum Gasteiger partial charge on any atom is 0.434 e. The third kappa shape index (κ3) is 5.97. The number of hydrogen-bond acceptors (Lipinski definition) is 5. The van der Waals surface area contributed by atoms with Crippen LogP contribution in [-0.4, -0.2) is 64.3 Å². The molecule has 208 valence electrons. The van der Waals surface area contributed by atoms with Crippen LogP contribution in [0, 0.1) is 0 Å². The predicted molar refractivity (Wildman–Crippen MR) is 145 cm³/mol. The molecule has 10 nitrogen and oxygen atoms in total. The zero-order chi connectivity index (χ0) is 28.2. The van der Waals surface area contributed by atoms with Crippen molar-refractivity contribution in [3.05, 3.63) is 70.8 Å². The van der Waals surface area contributed by atoms with Gasteiger partial charge >= 0.3 is 6.09 Å². The molecule has 0 spiro atoms. The van der Waals surface area contributed by atoms with Gasteiger partial charge in [0.15, 0.2) is 0 Å². The highest BCUT2D eigenvalue weighted by Gasteiger charge is 2.43. The molecule has 4 N–H and O–H groups in total. The van der Waals surface area contributed by atoms with E-state index >= 15 is 0 Å². The van der Waals surface area contributed by atoms with Crippen LogP contribution in [0.15, 0.2) is 53.5 Å².